The quantitative estimate of drug-likeness (QED) is 0.563. The maximum Gasteiger partial charge on any atom is 0.244 e. The molecule has 1 N–H and O–H groups in total. The molecule has 2 rings (SSSR count). The Bertz CT molecular complexity index is 817. The van der Waals surface area contributed by atoms with Gasteiger partial charge in [0, 0.05) is 42.9 Å². The summed E-state index contributed by atoms with van der Waals surface area (Å²) in [6, 6.07) is 2.06. The van der Waals surface area contributed by atoms with Crippen molar-refractivity contribution >= 4 is 22.4 Å². The summed E-state index contributed by atoms with van der Waals surface area (Å²) >= 11 is 0. The zero-order valence-electron chi connectivity index (χ0n) is 16.6. The van der Waals surface area contributed by atoms with E-state index in [-0.39, 0.29) is 5.91 Å². The van der Waals surface area contributed by atoms with Crippen LogP contribution in [0.5, 0.6) is 5.75 Å². The first-order valence-electron chi connectivity index (χ1n) is 9.02. The fourth-order valence-corrected chi connectivity index (χ4v) is 2.99. The number of rotatable bonds is 8. The Morgan fingerprint density at radius 2 is 2.00 bits per heavy atom. The van der Waals surface area contributed by atoms with E-state index in [9.17, 15) is 4.79 Å². The van der Waals surface area contributed by atoms with Gasteiger partial charge in [0.25, 0.3) is 0 Å². The Morgan fingerprint density at radius 1 is 1.27 bits per heavy atom. The van der Waals surface area contributed by atoms with Crippen LogP contribution < -0.4 is 10.1 Å². The largest absolute Gasteiger partial charge is 0.493 e. The van der Waals surface area contributed by atoms with Crippen LogP contribution in [0.2, 0.25) is 0 Å². The molecule has 5 nitrogen and oxygen atoms in total. The first-order chi connectivity index (χ1) is 12.4. The summed E-state index contributed by atoms with van der Waals surface area (Å²) in [5.74, 6) is 1.56. The molecule has 0 saturated heterocycles. The predicted octanol–water partition coefficient (Wildman–Crippen LogP) is 4.31. The third kappa shape index (κ3) is 4.28. The number of fused-ring (bicyclic) bond motifs is 1. The predicted molar refractivity (Wildman–Crippen MR) is 105 cm³/mol. The molecule has 0 spiro atoms. The third-order valence-corrected chi connectivity index (χ3v) is 4.53. The summed E-state index contributed by atoms with van der Waals surface area (Å²) in [6.45, 7) is 11.7. The summed E-state index contributed by atoms with van der Waals surface area (Å²) in [7, 11) is 1.65. The lowest BCUT2D eigenvalue weighted by atomic mass is 9.98. The number of nitrogens with one attached hydrogen (secondary N) is 1. The maximum atomic E-state index is 12.2. The highest BCUT2D eigenvalue weighted by atomic mass is 16.5. The van der Waals surface area contributed by atoms with Gasteiger partial charge in [-0.1, -0.05) is 0 Å². The van der Waals surface area contributed by atoms with E-state index < -0.39 is 0 Å². The van der Waals surface area contributed by atoms with Crippen LogP contribution in [-0.4, -0.2) is 32.8 Å². The van der Waals surface area contributed by atoms with Crippen molar-refractivity contribution in [3.05, 3.63) is 34.6 Å². The van der Waals surface area contributed by atoms with E-state index >= 15 is 0 Å². The number of carbonyl (C=O) groups excluding carboxylic acids is 1. The zero-order valence-corrected chi connectivity index (χ0v) is 16.6. The first kappa shape index (κ1) is 20.0. The number of methoxy groups -OCH3 is 1. The highest BCUT2D eigenvalue weighted by Crippen LogP contribution is 2.38. The van der Waals surface area contributed by atoms with Gasteiger partial charge in [0.05, 0.1) is 6.61 Å². The second-order valence-corrected chi connectivity index (χ2v) is 6.44. The first-order valence-corrected chi connectivity index (χ1v) is 9.02. The van der Waals surface area contributed by atoms with Crippen molar-refractivity contribution in [3.63, 3.8) is 0 Å². The normalized spacial score (nSPS) is 11.8. The molecule has 5 heteroatoms. The minimum Gasteiger partial charge on any atom is -0.493 e. The number of furan rings is 1. The van der Waals surface area contributed by atoms with Gasteiger partial charge in [0.15, 0.2) is 0 Å². The van der Waals surface area contributed by atoms with Crippen LogP contribution in [-0.2, 0) is 9.53 Å². The maximum absolute atomic E-state index is 12.2. The third-order valence-electron chi connectivity index (χ3n) is 4.53. The Kier molecular flexibility index (Phi) is 6.86. The van der Waals surface area contributed by atoms with Crippen LogP contribution in [0, 0.1) is 20.8 Å². The minimum absolute atomic E-state index is 0.112. The van der Waals surface area contributed by atoms with Gasteiger partial charge in [-0.2, -0.15) is 0 Å². The minimum atomic E-state index is -0.112. The monoisotopic (exact) mass is 359 g/mol. The summed E-state index contributed by atoms with van der Waals surface area (Å²) in [5, 5.41) is 3.94. The molecule has 0 unspecified atom stereocenters. The lowest BCUT2D eigenvalue weighted by Crippen LogP contribution is -2.23. The number of aryl methyl sites for hydroxylation is 3. The van der Waals surface area contributed by atoms with E-state index in [1.54, 1.807) is 13.2 Å². The summed E-state index contributed by atoms with van der Waals surface area (Å²) in [5.41, 5.74) is 4.71. The summed E-state index contributed by atoms with van der Waals surface area (Å²) in [6.07, 6.45) is 2.41. The zero-order chi connectivity index (χ0) is 19.3. The standard InChI is InChI=1S/C21H29NO4/c1-7-25-20-15(4)21-18(14(3)16(5)26-21)12-17(20)13(2)11-19(23)22-9-8-10-24-6/h11-12H,7-10H2,1-6H3,(H,22,23)/b13-11+. The number of amides is 1. The molecular formula is C21H29NO4. The van der Waals surface area contributed by atoms with Crippen molar-refractivity contribution in [2.45, 2.75) is 41.0 Å². The van der Waals surface area contributed by atoms with Crippen molar-refractivity contribution < 1.29 is 18.7 Å². The fraction of sp³-hybridized carbons (Fsp3) is 0.476. The van der Waals surface area contributed by atoms with Gasteiger partial charge in [0.1, 0.15) is 17.1 Å². The van der Waals surface area contributed by atoms with Crippen molar-refractivity contribution in [3.8, 4) is 5.75 Å². The molecule has 1 aromatic heterocycles. The Balaban J connectivity index is 2.39. The number of allylic oxidation sites excluding steroid dienone is 1. The van der Waals surface area contributed by atoms with Gasteiger partial charge in [-0.3, -0.25) is 4.79 Å². The summed E-state index contributed by atoms with van der Waals surface area (Å²) in [4.78, 5) is 12.2. The number of carbonyl (C=O) groups is 1. The van der Waals surface area contributed by atoms with E-state index in [1.807, 2.05) is 34.6 Å². The molecule has 1 heterocycles. The van der Waals surface area contributed by atoms with Crippen LogP contribution in [0.4, 0.5) is 0 Å². The van der Waals surface area contributed by atoms with Gasteiger partial charge < -0.3 is 19.2 Å². The molecule has 0 aliphatic heterocycles. The van der Waals surface area contributed by atoms with E-state index in [2.05, 4.69) is 11.4 Å². The highest BCUT2D eigenvalue weighted by Gasteiger charge is 2.18. The lowest BCUT2D eigenvalue weighted by molar-refractivity contribution is -0.116. The SMILES string of the molecule is CCOc1c(/C(C)=C/C(=O)NCCCOC)cc2c(C)c(C)oc2c1C. The smallest absolute Gasteiger partial charge is 0.244 e. The Labute approximate surface area is 155 Å². The van der Waals surface area contributed by atoms with Crippen molar-refractivity contribution in [2.24, 2.45) is 0 Å². The molecular weight excluding hydrogens is 330 g/mol. The van der Waals surface area contributed by atoms with Crippen LogP contribution in [0.15, 0.2) is 16.6 Å². The van der Waals surface area contributed by atoms with E-state index in [1.165, 1.54) is 0 Å². The van der Waals surface area contributed by atoms with Gasteiger partial charge in [-0.05, 0) is 58.2 Å². The lowest BCUT2D eigenvalue weighted by Gasteiger charge is -2.14. The molecule has 1 amide bonds. The van der Waals surface area contributed by atoms with Crippen LogP contribution >= 0.6 is 0 Å². The second-order valence-electron chi connectivity index (χ2n) is 6.44. The van der Waals surface area contributed by atoms with Crippen molar-refractivity contribution in [1.82, 2.24) is 5.32 Å². The van der Waals surface area contributed by atoms with E-state index in [0.717, 1.165) is 51.2 Å². The van der Waals surface area contributed by atoms with Gasteiger partial charge in [-0.15, -0.1) is 0 Å². The molecule has 0 aliphatic carbocycles. The van der Waals surface area contributed by atoms with Crippen LogP contribution in [0.25, 0.3) is 16.5 Å². The molecule has 0 saturated carbocycles. The molecule has 142 valence electrons. The van der Waals surface area contributed by atoms with Crippen LogP contribution in [0.3, 0.4) is 0 Å². The number of ether oxygens (including phenoxy) is 2. The Morgan fingerprint density at radius 3 is 2.65 bits per heavy atom. The fourth-order valence-electron chi connectivity index (χ4n) is 2.99. The molecule has 2 aromatic rings. The number of benzene rings is 1. The van der Waals surface area contributed by atoms with Gasteiger partial charge >= 0.3 is 0 Å². The average Bonchev–Trinajstić information content (AvgIpc) is 2.89. The highest BCUT2D eigenvalue weighted by molar-refractivity contribution is 5.98. The molecule has 26 heavy (non-hydrogen) atoms. The summed E-state index contributed by atoms with van der Waals surface area (Å²) < 4.78 is 16.8. The number of hydrogen-bond donors (Lipinski definition) is 1. The molecule has 0 fully saturated rings. The number of hydrogen-bond acceptors (Lipinski definition) is 4. The average molecular weight is 359 g/mol. The van der Waals surface area contributed by atoms with E-state index in [0.29, 0.717) is 19.8 Å². The molecule has 0 bridgehead atoms. The van der Waals surface area contributed by atoms with Crippen molar-refractivity contribution in [2.75, 3.05) is 26.9 Å². The molecule has 0 radical (unpaired) electrons. The molecule has 0 atom stereocenters. The molecule has 1 aromatic carbocycles. The molecule has 0 aliphatic rings. The van der Waals surface area contributed by atoms with Crippen LogP contribution in [0.1, 0.15) is 42.7 Å². The second kappa shape index (κ2) is 8.90. The van der Waals surface area contributed by atoms with E-state index in [4.69, 9.17) is 13.9 Å². The van der Waals surface area contributed by atoms with Gasteiger partial charge in [-0.25, -0.2) is 0 Å². The van der Waals surface area contributed by atoms with Gasteiger partial charge in [0.2, 0.25) is 5.91 Å². The van der Waals surface area contributed by atoms with Crippen molar-refractivity contribution in [1.29, 1.82) is 0 Å². The Hall–Kier alpha value is -2.27. The topological polar surface area (TPSA) is 60.7 Å².